The van der Waals surface area contributed by atoms with Crippen LogP contribution in [0.2, 0.25) is 0 Å². The van der Waals surface area contributed by atoms with E-state index < -0.39 is 6.10 Å². The standard InChI is InChI=1S/C11H17N3O2.2ClH/c1-14(11(15)10(7-12)16-2)8-9-5-3-4-6-13-9;;/h3-6,10H,7-8,12H2,1-2H3;2*1H. The number of hydrogen-bond donors (Lipinski definition) is 1. The first kappa shape index (κ1) is 19.5. The summed E-state index contributed by atoms with van der Waals surface area (Å²) < 4.78 is 4.98. The van der Waals surface area contributed by atoms with Crippen LogP contribution < -0.4 is 5.73 Å². The molecule has 0 aliphatic rings. The Morgan fingerprint density at radius 1 is 1.50 bits per heavy atom. The summed E-state index contributed by atoms with van der Waals surface area (Å²) in [4.78, 5) is 17.5. The predicted molar refractivity (Wildman–Crippen MR) is 75.1 cm³/mol. The van der Waals surface area contributed by atoms with E-state index in [9.17, 15) is 4.79 Å². The van der Waals surface area contributed by atoms with Crippen molar-refractivity contribution in [3.8, 4) is 0 Å². The molecule has 5 nitrogen and oxygen atoms in total. The third-order valence-corrected chi connectivity index (χ3v) is 2.28. The smallest absolute Gasteiger partial charge is 0.253 e. The predicted octanol–water partition coefficient (Wildman–Crippen LogP) is 0.857. The molecular formula is C11H19Cl2N3O2. The number of ether oxygens (including phenoxy) is 1. The fourth-order valence-electron chi connectivity index (χ4n) is 1.36. The molecule has 1 rings (SSSR count). The molecule has 0 fully saturated rings. The molecule has 0 radical (unpaired) electrons. The molecule has 1 amide bonds. The van der Waals surface area contributed by atoms with Gasteiger partial charge in [-0.15, -0.1) is 24.8 Å². The van der Waals surface area contributed by atoms with E-state index in [1.54, 1.807) is 18.1 Å². The Hall–Kier alpha value is -0.880. The van der Waals surface area contributed by atoms with Crippen molar-refractivity contribution >= 4 is 30.7 Å². The zero-order chi connectivity index (χ0) is 12.0. The Kier molecular flexibility index (Phi) is 10.9. The van der Waals surface area contributed by atoms with Gasteiger partial charge in [-0.2, -0.15) is 0 Å². The second-order valence-corrected chi connectivity index (χ2v) is 3.48. The Morgan fingerprint density at radius 3 is 2.61 bits per heavy atom. The Bertz CT molecular complexity index is 334. The molecular weight excluding hydrogens is 277 g/mol. The lowest BCUT2D eigenvalue weighted by Crippen LogP contribution is -2.41. The van der Waals surface area contributed by atoms with E-state index in [1.807, 2.05) is 18.2 Å². The Balaban J connectivity index is 0. The molecule has 0 spiro atoms. The summed E-state index contributed by atoms with van der Waals surface area (Å²) in [6.07, 6.45) is 1.12. The second-order valence-electron chi connectivity index (χ2n) is 3.48. The molecule has 0 bridgehead atoms. The third-order valence-electron chi connectivity index (χ3n) is 2.28. The Morgan fingerprint density at radius 2 is 2.17 bits per heavy atom. The fourth-order valence-corrected chi connectivity index (χ4v) is 1.36. The number of methoxy groups -OCH3 is 1. The van der Waals surface area contributed by atoms with Crippen LogP contribution in [0.5, 0.6) is 0 Å². The summed E-state index contributed by atoms with van der Waals surface area (Å²) in [6.45, 7) is 0.640. The minimum Gasteiger partial charge on any atom is -0.370 e. The lowest BCUT2D eigenvalue weighted by atomic mass is 10.3. The van der Waals surface area contributed by atoms with E-state index in [2.05, 4.69) is 4.98 Å². The van der Waals surface area contributed by atoms with Gasteiger partial charge in [-0.05, 0) is 12.1 Å². The van der Waals surface area contributed by atoms with Gasteiger partial charge in [0.05, 0.1) is 12.2 Å². The van der Waals surface area contributed by atoms with Crippen LogP contribution in [-0.4, -0.2) is 42.6 Å². The van der Waals surface area contributed by atoms with Gasteiger partial charge in [0.2, 0.25) is 0 Å². The molecule has 104 valence electrons. The van der Waals surface area contributed by atoms with E-state index in [0.29, 0.717) is 6.54 Å². The van der Waals surface area contributed by atoms with Crippen LogP contribution in [0.3, 0.4) is 0 Å². The molecule has 18 heavy (non-hydrogen) atoms. The van der Waals surface area contributed by atoms with Crippen LogP contribution in [0.25, 0.3) is 0 Å². The molecule has 1 aromatic heterocycles. The molecule has 0 aromatic carbocycles. The topological polar surface area (TPSA) is 68.5 Å². The zero-order valence-electron chi connectivity index (χ0n) is 10.4. The maximum atomic E-state index is 11.8. The number of hydrogen-bond acceptors (Lipinski definition) is 4. The Labute approximate surface area is 120 Å². The van der Waals surface area contributed by atoms with Crippen LogP contribution in [0.1, 0.15) is 5.69 Å². The number of carbonyl (C=O) groups excluding carboxylic acids is 1. The number of halogens is 2. The fraction of sp³-hybridized carbons (Fsp3) is 0.455. The molecule has 1 unspecified atom stereocenters. The summed E-state index contributed by atoms with van der Waals surface area (Å²) in [6, 6.07) is 5.59. The number of pyridine rings is 1. The van der Waals surface area contributed by atoms with Crippen LogP contribution in [0.4, 0.5) is 0 Å². The molecule has 1 heterocycles. The molecule has 7 heteroatoms. The SMILES string of the molecule is COC(CN)C(=O)N(C)Cc1ccccn1.Cl.Cl. The van der Waals surface area contributed by atoms with Gasteiger partial charge in [0.25, 0.3) is 5.91 Å². The maximum Gasteiger partial charge on any atom is 0.253 e. The van der Waals surface area contributed by atoms with Crippen molar-refractivity contribution < 1.29 is 9.53 Å². The molecule has 1 aromatic rings. The first-order valence-electron chi connectivity index (χ1n) is 5.06. The number of nitrogens with two attached hydrogens (primary N) is 1. The minimum absolute atomic E-state index is 0. The monoisotopic (exact) mass is 295 g/mol. The van der Waals surface area contributed by atoms with Crippen molar-refractivity contribution in [2.45, 2.75) is 12.6 Å². The minimum atomic E-state index is -0.575. The van der Waals surface area contributed by atoms with Crippen molar-refractivity contribution in [3.05, 3.63) is 30.1 Å². The summed E-state index contributed by atoms with van der Waals surface area (Å²) in [7, 11) is 3.18. The van der Waals surface area contributed by atoms with Gasteiger partial charge < -0.3 is 15.4 Å². The maximum absolute atomic E-state index is 11.8. The number of amides is 1. The van der Waals surface area contributed by atoms with Crippen LogP contribution in [-0.2, 0) is 16.1 Å². The molecule has 0 aliphatic carbocycles. The van der Waals surface area contributed by atoms with E-state index in [1.165, 1.54) is 7.11 Å². The van der Waals surface area contributed by atoms with Crippen molar-refractivity contribution in [1.29, 1.82) is 0 Å². The number of likely N-dealkylation sites (N-methyl/N-ethyl adjacent to an activating group) is 1. The van der Waals surface area contributed by atoms with Crippen molar-refractivity contribution in [2.75, 3.05) is 20.7 Å². The van der Waals surface area contributed by atoms with Gasteiger partial charge >= 0.3 is 0 Å². The molecule has 0 saturated carbocycles. The zero-order valence-corrected chi connectivity index (χ0v) is 12.0. The van der Waals surface area contributed by atoms with E-state index >= 15 is 0 Å². The number of carbonyl (C=O) groups is 1. The molecule has 0 aliphatic heterocycles. The lowest BCUT2D eigenvalue weighted by molar-refractivity contribution is -0.140. The average molecular weight is 296 g/mol. The second kappa shape index (κ2) is 10.1. The molecule has 2 N–H and O–H groups in total. The lowest BCUT2D eigenvalue weighted by Gasteiger charge is -2.21. The van der Waals surface area contributed by atoms with Gasteiger partial charge in [-0.3, -0.25) is 9.78 Å². The molecule has 1 atom stereocenters. The van der Waals surface area contributed by atoms with E-state index in [4.69, 9.17) is 10.5 Å². The number of aromatic nitrogens is 1. The van der Waals surface area contributed by atoms with Gasteiger partial charge in [-0.1, -0.05) is 6.07 Å². The van der Waals surface area contributed by atoms with Crippen LogP contribution >= 0.6 is 24.8 Å². The van der Waals surface area contributed by atoms with Gasteiger partial charge in [0.15, 0.2) is 0 Å². The number of rotatable bonds is 5. The first-order chi connectivity index (χ1) is 7.69. The first-order valence-corrected chi connectivity index (χ1v) is 5.06. The summed E-state index contributed by atoms with van der Waals surface area (Å²) >= 11 is 0. The van der Waals surface area contributed by atoms with Crippen LogP contribution in [0, 0.1) is 0 Å². The van der Waals surface area contributed by atoms with Gasteiger partial charge in [0, 0.05) is 26.9 Å². The van der Waals surface area contributed by atoms with Crippen molar-refractivity contribution in [3.63, 3.8) is 0 Å². The summed E-state index contributed by atoms with van der Waals surface area (Å²) in [5.74, 6) is -0.129. The highest BCUT2D eigenvalue weighted by Gasteiger charge is 2.20. The third kappa shape index (κ3) is 5.64. The van der Waals surface area contributed by atoms with Gasteiger partial charge in [-0.25, -0.2) is 0 Å². The van der Waals surface area contributed by atoms with Crippen LogP contribution in [0.15, 0.2) is 24.4 Å². The molecule has 0 saturated heterocycles. The normalized spacial score (nSPS) is 10.8. The largest absolute Gasteiger partial charge is 0.370 e. The van der Waals surface area contributed by atoms with E-state index in [-0.39, 0.29) is 37.3 Å². The highest BCUT2D eigenvalue weighted by Crippen LogP contribution is 2.02. The van der Waals surface area contributed by atoms with E-state index in [0.717, 1.165) is 5.69 Å². The average Bonchev–Trinajstić information content (AvgIpc) is 2.31. The highest BCUT2D eigenvalue weighted by atomic mass is 35.5. The van der Waals surface area contributed by atoms with Crippen molar-refractivity contribution in [2.24, 2.45) is 5.73 Å². The highest BCUT2D eigenvalue weighted by molar-refractivity contribution is 5.85. The quantitative estimate of drug-likeness (QED) is 0.875. The van der Waals surface area contributed by atoms with Gasteiger partial charge in [0.1, 0.15) is 6.10 Å². The summed E-state index contributed by atoms with van der Waals surface area (Å²) in [5, 5.41) is 0. The number of nitrogens with zero attached hydrogens (tertiary/aromatic N) is 2. The summed E-state index contributed by atoms with van der Waals surface area (Å²) in [5.41, 5.74) is 6.27. The van der Waals surface area contributed by atoms with Crippen molar-refractivity contribution in [1.82, 2.24) is 9.88 Å².